The fourth-order valence-corrected chi connectivity index (χ4v) is 1.34. The van der Waals surface area contributed by atoms with E-state index in [-0.39, 0.29) is 18.2 Å². The molecule has 8 nitrogen and oxygen atoms in total. The predicted molar refractivity (Wildman–Crippen MR) is 59.5 cm³/mol. The summed E-state index contributed by atoms with van der Waals surface area (Å²) in [7, 11) is 0. The van der Waals surface area contributed by atoms with E-state index in [2.05, 4.69) is 9.72 Å². The van der Waals surface area contributed by atoms with E-state index in [1.807, 2.05) is 0 Å². The standard InChI is InChI=1S/C10H9N3O5/c1-2-17-10(14)18-9-6-12-4-3-7(13(15)16)5-8(12)11-9/h3-6H,2H2,1H3. The van der Waals surface area contributed by atoms with Crippen molar-refractivity contribution < 1.29 is 19.2 Å². The minimum absolute atomic E-state index is 0.0222. The highest BCUT2D eigenvalue weighted by Gasteiger charge is 2.12. The molecule has 0 amide bonds. The summed E-state index contributed by atoms with van der Waals surface area (Å²) in [6, 6.07) is 2.60. The van der Waals surface area contributed by atoms with Crippen molar-refractivity contribution in [2.24, 2.45) is 0 Å². The number of hydrogen-bond acceptors (Lipinski definition) is 6. The highest BCUT2D eigenvalue weighted by Crippen LogP contribution is 2.17. The molecule has 2 aromatic rings. The fourth-order valence-electron chi connectivity index (χ4n) is 1.34. The molecule has 8 heteroatoms. The van der Waals surface area contributed by atoms with Gasteiger partial charge in [-0.3, -0.25) is 10.1 Å². The highest BCUT2D eigenvalue weighted by atomic mass is 16.7. The minimum atomic E-state index is -0.865. The first-order valence-electron chi connectivity index (χ1n) is 5.08. The number of pyridine rings is 1. The molecule has 0 saturated heterocycles. The third kappa shape index (κ3) is 2.37. The monoisotopic (exact) mass is 251 g/mol. The van der Waals surface area contributed by atoms with Gasteiger partial charge in [-0.2, -0.15) is 4.98 Å². The van der Waals surface area contributed by atoms with Crippen LogP contribution in [0.2, 0.25) is 0 Å². The maximum absolute atomic E-state index is 11.1. The van der Waals surface area contributed by atoms with E-state index in [1.165, 1.54) is 28.9 Å². The van der Waals surface area contributed by atoms with Crippen molar-refractivity contribution in [3.05, 3.63) is 34.6 Å². The number of carbonyl (C=O) groups excluding carboxylic acids is 1. The molecule has 0 radical (unpaired) electrons. The van der Waals surface area contributed by atoms with E-state index in [4.69, 9.17) is 4.74 Å². The Morgan fingerprint density at radius 2 is 2.39 bits per heavy atom. The molecular weight excluding hydrogens is 242 g/mol. The first-order valence-corrected chi connectivity index (χ1v) is 5.08. The van der Waals surface area contributed by atoms with E-state index in [1.54, 1.807) is 6.92 Å². The van der Waals surface area contributed by atoms with Crippen LogP contribution in [-0.4, -0.2) is 27.1 Å². The number of ether oxygens (including phenoxy) is 2. The number of imidazole rings is 1. The molecule has 18 heavy (non-hydrogen) atoms. The summed E-state index contributed by atoms with van der Waals surface area (Å²) in [6.45, 7) is 1.84. The molecule has 0 spiro atoms. The number of rotatable bonds is 3. The number of nitrogens with zero attached hydrogens (tertiary/aromatic N) is 3. The van der Waals surface area contributed by atoms with Gasteiger partial charge in [-0.1, -0.05) is 0 Å². The van der Waals surface area contributed by atoms with Crippen LogP contribution in [0, 0.1) is 10.1 Å². The lowest BCUT2D eigenvalue weighted by Crippen LogP contribution is -2.10. The third-order valence-electron chi connectivity index (χ3n) is 2.08. The summed E-state index contributed by atoms with van der Waals surface area (Å²) < 4.78 is 10.9. The summed E-state index contributed by atoms with van der Waals surface area (Å²) in [5, 5.41) is 10.6. The van der Waals surface area contributed by atoms with Gasteiger partial charge < -0.3 is 13.9 Å². The molecular formula is C10H9N3O5. The van der Waals surface area contributed by atoms with Crippen LogP contribution < -0.4 is 4.74 Å². The molecule has 0 fully saturated rings. The second-order valence-corrected chi connectivity index (χ2v) is 3.27. The molecule has 0 aliphatic carbocycles. The number of nitro groups is 1. The van der Waals surface area contributed by atoms with Gasteiger partial charge >= 0.3 is 6.16 Å². The van der Waals surface area contributed by atoms with Crippen molar-refractivity contribution in [2.75, 3.05) is 6.61 Å². The van der Waals surface area contributed by atoms with Crippen molar-refractivity contribution in [2.45, 2.75) is 6.92 Å². The van der Waals surface area contributed by atoms with Gasteiger partial charge in [0.1, 0.15) is 5.65 Å². The average molecular weight is 251 g/mol. The summed E-state index contributed by atoms with van der Waals surface area (Å²) >= 11 is 0. The van der Waals surface area contributed by atoms with E-state index in [0.717, 1.165) is 0 Å². The molecule has 2 rings (SSSR count). The summed E-state index contributed by atoms with van der Waals surface area (Å²) in [5.41, 5.74) is 0.222. The Morgan fingerprint density at radius 1 is 1.61 bits per heavy atom. The smallest absolute Gasteiger partial charge is 0.434 e. The second kappa shape index (κ2) is 4.70. The molecule has 2 aromatic heterocycles. The van der Waals surface area contributed by atoms with Crippen LogP contribution >= 0.6 is 0 Å². The molecule has 0 N–H and O–H groups in total. The molecule has 0 bridgehead atoms. The number of aromatic nitrogens is 2. The Morgan fingerprint density at radius 3 is 3.06 bits per heavy atom. The van der Waals surface area contributed by atoms with Crippen LogP contribution in [-0.2, 0) is 4.74 Å². The van der Waals surface area contributed by atoms with Gasteiger partial charge in [-0.15, -0.1) is 0 Å². The van der Waals surface area contributed by atoms with Crippen molar-refractivity contribution in [1.29, 1.82) is 0 Å². The lowest BCUT2D eigenvalue weighted by atomic mass is 10.4. The number of carbonyl (C=O) groups is 1. The van der Waals surface area contributed by atoms with E-state index in [0.29, 0.717) is 5.65 Å². The maximum Gasteiger partial charge on any atom is 0.515 e. The SMILES string of the molecule is CCOC(=O)Oc1cn2ccc([N+](=O)[O-])cc2n1. The van der Waals surface area contributed by atoms with Crippen LogP contribution in [0.15, 0.2) is 24.5 Å². The zero-order chi connectivity index (χ0) is 13.1. The van der Waals surface area contributed by atoms with Crippen molar-refractivity contribution in [1.82, 2.24) is 9.38 Å². The number of hydrogen-bond donors (Lipinski definition) is 0. The lowest BCUT2D eigenvalue weighted by molar-refractivity contribution is -0.384. The normalized spacial score (nSPS) is 10.3. The summed E-state index contributed by atoms with van der Waals surface area (Å²) in [5.74, 6) is 0.0222. The van der Waals surface area contributed by atoms with Gasteiger partial charge in [-0.05, 0) is 6.92 Å². The molecule has 0 aliphatic rings. The summed E-state index contributed by atoms with van der Waals surface area (Å²) in [4.78, 5) is 25.0. The van der Waals surface area contributed by atoms with Gasteiger partial charge in [0.05, 0.1) is 23.8 Å². The van der Waals surface area contributed by atoms with Crippen LogP contribution in [0.4, 0.5) is 10.5 Å². The molecule has 94 valence electrons. The first-order chi connectivity index (χ1) is 8.60. The summed E-state index contributed by atoms with van der Waals surface area (Å²) in [6.07, 6.45) is 2.02. The first kappa shape index (κ1) is 11.8. The topological polar surface area (TPSA) is 96.0 Å². The van der Waals surface area contributed by atoms with Crippen LogP contribution in [0.3, 0.4) is 0 Å². The highest BCUT2D eigenvalue weighted by molar-refractivity contribution is 5.63. The van der Waals surface area contributed by atoms with Crippen LogP contribution in [0.25, 0.3) is 5.65 Å². The predicted octanol–water partition coefficient (Wildman–Crippen LogP) is 1.78. The van der Waals surface area contributed by atoms with E-state index < -0.39 is 11.1 Å². The van der Waals surface area contributed by atoms with Crippen LogP contribution in [0.1, 0.15) is 6.92 Å². The zero-order valence-corrected chi connectivity index (χ0v) is 9.40. The van der Waals surface area contributed by atoms with Crippen molar-refractivity contribution >= 4 is 17.5 Å². The minimum Gasteiger partial charge on any atom is -0.434 e. The number of fused-ring (bicyclic) bond motifs is 1. The quantitative estimate of drug-likeness (QED) is 0.468. The molecule has 0 unspecified atom stereocenters. The van der Waals surface area contributed by atoms with Gasteiger partial charge in [0.2, 0.25) is 5.88 Å². The Hall–Kier alpha value is -2.64. The fraction of sp³-hybridized carbons (Fsp3) is 0.200. The Kier molecular flexibility index (Phi) is 3.09. The maximum atomic E-state index is 11.1. The van der Waals surface area contributed by atoms with E-state index in [9.17, 15) is 14.9 Å². The van der Waals surface area contributed by atoms with Crippen LogP contribution in [0.5, 0.6) is 5.88 Å². The Bertz CT molecular complexity index is 607. The van der Waals surface area contributed by atoms with Gasteiger partial charge in [0, 0.05) is 12.3 Å². The second-order valence-electron chi connectivity index (χ2n) is 3.27. The molecule has 0 atom stereocenters. The lowest BCUT2D eigenvalue weighted by Gasteiger charge is -1.98. The zero-order valence-electron chi connectivity index (χ0n) is 9.40. The Labute approximate surface area is 101 Å². The van der Waals surface area contributed by atoms with E-state index >= 15 is 0 Å². The molecule has 0 aromatic carbocycles. The Balaban J connectivity index is 2.27. The average Bonchev–Trinajstić information content (AvgIpc) is 2.69. The van der Waals surface area contributed by atoms with Crippen molar-refractivity contribution in [3.63, 3.8) is 0 Å². The van der Waals surface area contributed by atoms with Gasteiger partial charge in [-0.25, -0.2) is 4.79 Å². The molecule has 2 heterocycles. The molecule has 0 saturated carbocycles. The van der Waals surface area contributed by atoms with Gasteiger partial charge in [0.25, 0.3) is 5.69 Å². The van der Waals surface area contributed by atoms with Gasteiger partial charge in [0.15, 0.2) is 0 Å². The third-order valence-corrected chi connectivity index (χ3v) is 2.08. The molecule has 0 aliphatic heterocycles. The van der Waals surface area contributed by atoms with Crippen molar-refractivity contribution in [3.8, 4) is 5.88 Å². The largest absolute Gasteiger partial charge is 0.515 e.